The van der Waals surface area contributed by atoms with Gasteiger partial charge in [-0.15, -0.1) is 0 Å². The van der Waals surface area contributed by atoms with Gasteiger partial charge in [0.2, 0.25) is 0 Å². The minimum Gasteiger partial charge on any atom is -0.368 e. The van der Waals surface area contributed by atoms with Crippen LogP contribution in [-0.4, -0.2) is 54.1 Å². The molecule has 2 rings (SSSR count). The van der Waals surface area contributed by atoms with E-state index in [0.29, 0.717) is 13.1 Å². The zero-order valence-corrected chi connectivity index (χ0v) is 12.4. The van der Waals surface area contributed by atoms with Crippen LogP contribution in [0.1, 0.15) is 6.92 Å². The van der Waals surface area contributed by atoms with Gasteiger partial charge < -0.3 is 10.6 Å². The predicted octanol–water partition coefficient (Wildman–Crippen LogP) is 2.25. The van der Waals surface area contributed by atoms with Crippen molar-refractivity contribution in [2.75, 3.05) is 54.9 Å². The molecule has 0 unspecified atom stereocenters. The number of thioether (sulfide) groups is 1. The van der Waals surface area contributed by atoms with Crippen LogP contribution in [0.2, 0.25) is 0 Å². The van der Waals surface area contributed by atoms with Crippen LogP contribution < -0.4 is 10.6 Å². The van der Waals surface area contributed by atoms with Crippen LogP contribution in [0.3, 0.4) is 0 Å². The summed E-state index contributed by atoms with van der Waals surface area (Å²) < 4.78 is 27.1. The van der Waals surface area contributed by atoms with Crippen molar-refractivity contribution in [1.29, 1.82) is 0 Å². The first kappa shape index (κ1) is 15.3. The Bertz CT molecular complexity index is 439. The Hall–Kier alpha value is -1.08. The summed E-state index contributed by atoms with van der Waals surface area (Å²) in [6, 6.07) is 0.866. The van der Waals surface area contributed by atoms with E-state index in [0.717, 1.165) is 37.2 Å². The molecule has 0 amide bonds. The molecule has 4 nitrogen and oxygen atoms in total. The second-order valence-corrected chi connectivity index (χ2v) is 5.79. The number of halogens is 2. The molecule has 1 fully saturated rings. The van der Waals surface area contributed by atoms with E-state index in [1.807, 2.05) is 18.7 Å². The molecule has 2 heterocycles. The number of aromatic nitrogens is 1. The van der Waals surface area contributed by atoms with E-state index < -0.39 is 11.6 Å². The van der Waals surface area contributed by atoms with Crippen molar-refractivity contribution >= 4 is 23.4 Å². The minimum atomic E-state index is -0.664. The van der Waals surface area contributed by atoms with Crippen LogP contribution in [0, 0.1) is 11.6 Å². The minimum absolute atomic E-state index is 0.0887. The van der Waals surface area contributed by atoms with Crippen molar-refractivity contribution < 1.29 is 8.78 Å². The number of pyridine rings is 1. The molecule has 1 aromatic rings. The second-order valence-electron chi connectivity index (χ2n) is 4.56. The van der Waals surface area contributed by atoms with Gasteiger partial charge >= 0.3 is 0 Å². The van der Waals surface area contributed by atoms with Gasteiger partial charge in [0.1, 0.15) is 0 Å². The molecule has 0 saturated carbocycles. The van der Waals surface area contributed by atoms with Crippen molar-refractivity contribution in [2.45, 2.75) is 6.92 Å². The third kappa shape index (κ3) is 4.21. The number of anilines is 2. The first-order valence-corrected chi connectivity index (χ1v) is 8.00. The van der Waals surface area contributed by atoms with Gasteiger partial charge in [0, 0.05) is 50.3 Å². The molecule has 2 N–H and O–H groups in total. The summed E-state index contributed by atoms with van der Waals surface area (Å²) in [6.07, 6.45) is 0. The van der Waals surface area contributed by atoms with Gasteiger partial charge in [-0.3, -0.25) is 4.90 Å². The maximum atomic E-state index is 13.6. The summed E-state index contributed by atoms with van der Waals surface area (Å²) in [6.45, 7) is 5.95. The van der Waals surface area contributed by atoms with Gasteiger partial charge in [-0.1, -0.05) is 0 Å². The third-order valence-electron chi connectivity index (χ3n) is 3.10. The maximum Gasteiger partial charge on any atom is 0.168 e. The fourth-order valence-corrected chi connectivity index (χ4v) is 3.02. The van der Waals surface area contributed by atoms with Crippen LogP contribution >= 0.6 is 11.8 Å². The number of hydrogen-bond acceptors (Lipinski definition) is 5. The molecule has 0 spiro atoms. The molecule has 0 aliphatic carbocycles. The Labute approximate surface area is 122 Å². The lowest BCUT2D eigenvalue weighted by Crippen LogP contribution is -2.36. The van der Waals surface area contributed by atoms with Gasteiger partial charge in [0.25, 0.3) is 0 Å². The molecular formula is C13H20F2N4S. The summed E-state index contributed by atoms with van der Waals surface area (Å²) in [4.78, 5) is 6.28. The normalized spacial score (nSPS) is 16.1. The van der Waals surface area contributed by atoms with E-state index in [2.05, 4.69) is 20.5 Å². The smallest absolute Gasteiger partial charge is 0.168 e. The van der Waals surface area contributed by atoms with Crippen LogP contribution in [0.4, 0.5) is 20.4 Å². The van der Waals surface area contributed by atoms with E-state index in [1.165, 1.54) is 0 Å². The molecule has 7 heteroatoms. The first-order chi connectivity index (χ1) is 9.70. The quantitative estimate of drug-likeness (QED) is 0.843. The highest BCUT2D eigenvalue weighted by atomic mass is 32.2. The average Bonchev–Trinajstić information content (AvgIpc) is 2.45. The van der Waals surface area contributed by atoms with Gasteiger partial charge in [0.05, 0.1) is 0 Å². The number of hydrogen-bond donors (Lipinski definition) is 2. The second kappa shape index (κ2) is 7.64. The molecule has 0 radical (unpaired) electrons. The van der Waals surface area contributed by atoms with Gasteiger partial charge in [-0.2, -0.15) is 11.8 Å². The number of nitrogens with zero attached hydrogens (tertiary/aromatic N) is 2. The van der Waals surface area contributed by atoms with Crippen LogP contribution in [0.5, 0.6) is 0 Å². The standard InChI is InChI=1S/C13H20F2N4S/c1-2-16-12-10(14)9-11(15)13(18-12)17-3-4-19-5-7-20-8-6-19/h9H,2-8H2,1H3,(H2,16,17,18). The Morgan fingerprint density at radius 2 is 1.85 bits per heavy atom. The van der Waals surface area contributed by atoms with Crippen LogP contribution in [-0.2, 0) is 0 Å². The summed E-state index contributed by atoms with van der Waals surface area (Å²) >= 11 is 1.96. The predicted molar refractivity (Wildman–Crippen MR) is 80.6 cm³/mol. The molecular weight excluding hydrogens is 282 g/mol. The van der Waals surface area contributed by atoms with Crippen molar-refractivity contribution in [3.8, 4) is 0 Å². The molecule has 0 atom stereocenters. The van der Waals surface area contributed by atoms with E-state index in [1.54, 1.807) is 0 Å². The van der Waals surface area contributed by atoms with Gasteiger partial charge in [0.15, 0.2) is 23.3 Å². The third-order valence-corrected chi connectivity index (χ3v) is 4.04. The van der Waals surface area contributed by atoms with Gasteiger partial charge in [-0.05, 0) is 6.92 Å². The lowest BCUT2D eigenvalue weighted by Gasteiger charge is -2.26. The Balaban J connectivity index is 1.89. The lowest BCUT2D eigenvalue weighted by atomic mass is 10.3. The van der Waals surface area contributed by atoms with Crippen LogP contribution in [0.25, 0.3) is 0 Å². The fourth-order valence-electron chi connectivity index (χ4n) is 2.04. The molecule has 0 bridgehead atoms. The highest BCUT2D eigenvalue weighted by molar-refractivity contribution is 7.99. The average molecular weight is 302 g/mol. The molecule has 1 aliphatic heterocycles. The highest BCUT2D eigenvalue weighted by Gasteiger charge is 2.13. The van der Waals surface area contributed by atoms with E-state index in [4.69, 9.17) is 0 Å². The van der Waals surface area contributed by atoms with E-state index in [-0.39, 0.29) is 11.6 Å². The van der Waals surface area contributed by atoms with Crippen molar-refractivity contribution in [3.63, 3.8) is 0 Å². The molecule has 112 valence electrons. The summed E-state index contributed by atoms with van der Waals surface area (Å²) in [5.41, 5.74) is 0. The molecule has 1 aromatic heterocycles. The van der Waals surface area contributed by atoms with Gasteiger partial charge in [-0.25, -0.2) is 13.8 Å². The number of nitrogens with one attached hydrogen (secondary N) is 2. The lowest BCUT2D eigenvalue weighted by molar-refractivity contribution is 0.314. The Morgan fingerprint density at radius 1 is 1.20 bits per heavy atom. The zero-order valence-electron chi connectivity index (χ0n) is 11.6. The largest absolute Gasteiger partial charge is 0.368 e. The molecule has 1 aliphatic rings. The summed E-state index contributed by atoms with van der Waals surface area (Å²) in [7, 11) is 0. The monoisotopic (exact) mass is 302 g/mol. The SMILES string of the molecule is CCNc1nc(NCCN2CCSCC2)c(F)cc1F. The van der Waals surface area contributed by atoms with Crippen molar-refractivity contribution in [2.24, 2.45) is 0 Å². The topological polar surface area (TPSA) is 40.2 Å². The van der Waals surface area contributed by atoms with Crippen LogP contribution in [0.15, 0.2) is 6.07 Å². The number of rotatable bonds is 6. The summed E-state index contributed by atoms with van der Waals surface area (Å²) in [5.74, 6) is 1.17. The summed E-state index contributed by atoms with van der Waals surface area (Å²) in [5, 5.41) is 5.72. The molecule has 20 heavy (non-hydrogen) atoms. The fraction of sp³-hybridized carbons (Fsp3) is 0.615. The van der Waals surface area contributed by atoms with E-state index >= 15 is 0 Å². The van der Waals surface area contributed by atoms with E-state index in [9.17, 15) is 8.78 Å². The van der Waals surface area contributed by atoms with Crippen molar-refractivity contribution in [3.05, 3.63) is 17.7 Å². The Morgan fingerprint density at radius 3 is 2.50 bits per heavy atom. The highest BCUT2D eigenvalue weighted by Crippen LogP contribution is 2.18. The first-order valence-electron chi connectivity index (χ1n) is 6.84. The Kier molecular flexibility index (Phi) is 5.85. The maximum absolute atomic E-state index is 13.6. The molecule has 1 saturated heterocycles. The zero-order chi connectivity index (χ0) is 14.4. The van der Waals surface area contributed by atoms with Crippen molar-refractivity contribution in [1.82, 2.24) is 9.88 Å². The molecule has 0 aromatic carbocycles.